The van der Waals surface area contributed by atoms with Crippen molar-refractivity contribution in [3.63, 3.8) is 0 Å². The lowest BCUT2D eigenvalue weighted by molar-refractivity contribution is -0.131. The number of rotatable bonds is 9. The van der Waals surface area contributed by atoms with Crippen molar-refractivity contribution in [1.82, 2.24) is 24.8 Å². The van der Waals surface area contributed by atoms with Crippen LogP contribution in [-0.2, 0) is 11.2 Å². The quantitative estimate of drug-likeness (QED) is 0.329. The molecule has 0 spiro atoms. The van der Waals surface area contributed by atoms with Crippen molar-refractivity contribution in [2.75, 3.05) is 45.3 Å². The maximum Gasteiger partial charge on any atom is 0.222 e. The minimum Gasteiger partial charge on any atom is -0.494 e. The summed E-state index contributed by atoms with van der Waals surface area (Å²) in [6.07, 6.45) is 2.99. The Labute approximate surface area is 230 Å². The Balaban J connectivity index is 1.25. The van der Waals surface area contributed by atoms with Gasteiger partial charge in [0.1, 0.15) is 23.8 Å². The van der Waals surface area contributed by atoms with Crippen LogP contribution in [0.5, 0.6) is 11.6 Å². The topological polar surface area (TPSA) is 96.5 Å². The zero-order chi connectivity index (χ0) is 28.1. The summed E-state index contributed by atoms with van der Waals surface area (Å²) in [6.45, 7) is 2.54. The Kier molecular flexibility index (Phi) is 8.18. The van der Waals surface area contributed by atoms with Gasteiger partial charge in [-0.15, -0.1) is 0 Å². The van der Waals surface area contributed by atoms with Crippen molar-refractivity contribution < 1.29 is 23.0 Å². The van der Waals surface area contributed by atoms with Crippen molar-refractivity contribution in [3.8, 4) is 34.3 Å². The van der Waals surface area contributed by atoms with Gasteiger partial charge in [-0.05, 0) is 55.3 Å². The van der Waals surface area contributed by atoms with Crippen LogP contribution in [0.1, 0.15) is 18.5 Å². The molecule has 40 heavy (non-hydrogen) atoms. The molecule has 5 rings (SSSR count). The number of halogens is 2. The van der Waals surface area contributed by atoms with E-state index < -0.39 is 5.82 Å². The van der Waals surface area contributed by atoms with Gasteiger partial charge in [-0.2, -0.15) is 0 Å². The van der Waals surface area contributed by atoms with Crippen molar-refractivity contribution >= 4 is 11.7 Å². The Morgan fingerprint density at radius 1 is 0.950 bits per heavy atom. The normalized spacial score (nSPS) is 13.4. The first-order valence-corrected chi connectivity index (χ1v) is 13.0. The second-order valence-electron chi connectivity index (χ2n) is 9.41. The lowest BCUT2D eigenvalue weighted by atomic mass is 10.1. The minimum atomic E-state index is -0.466. The number of aromatic nitrogens is 4. The summed E-state index contributed by atoms with van der Waals surface area (Å²) in [6, 6.07) is 12.4. The van der Waals surface area contributed by atoms with E-state index >= 15 is 0 Å². The van der Waals surface area contributed by atoms with E-state index in [0.717, 1.165) is 17.1 Å². The lowest BCUT2D eigenvalue weighted by Gasteiger charge is -2.35. The summed E-state index contributed by atoms with van der Waals surface area (Å²) in [4.78, 5) is 33.4. The van der Waals surface area contributed by atoms with Crippen LogP contribution < -0.4 is 14.4 Å². The summed E-state index contributed by atoms with van der Waals surface area (Å²) in [5.41, 5.74) is 2.85. The number of methoxy groups -OCH3 is 2. The van der Waals surface area contributed by atoms with Crippen molar-refractivity contribution in [1.29, 1.82) is 0 Å². The van der Waals surface area contributed by atoms with Gasteiger partial charge in [-0.3, -0.25) is 4.79 Å². The van der Waals surface area contributed by atoms with E-state index in [0.29, 0.717) is 68.4 Å². The number of nitrogens with one attached hydrogen (secondary N) is 1. The number of nitrogens with zero attached hydrogens (tertiary/aromatic N) is 5. The summed E-state index contributed by atoms with van der Waals surface area (Å²) < 4.78 is 37.9. The molecule has 4 aromatic rings. The van der Waals surface area contributed by atoms with Gasteiger partial charge in [0.25, 0.3) is 0 Å². The van der Waals surface area contributed by atoms with Crippen LogP contribution >= 0.6 is 0 Å². The summed E-state index contributed by atoms with van der Waals surface area (Å²) in [5.74, 6) is 1.25. The molecule has 2 aromatic heterocycles. The third-order valence-electron chi connectivity index (χ3n) is 6.93. The second kappa shape index (κ2) is 12.1. The number of ether oxygens (including phenoxy) is 2. The van der Waals surface area contributed by atoms with Gasteiger partial charge in [0.15, 0.2) is 11.6 Å². The van der Waals surface area contributed by atoms with Crippen LogP contribution in [0.3, 0.4) is 0 Å². The van der Waals surface area contributed by atoms with Crippen LogP contribution in [0.2, 0.25) is 0 Å². The van der Waals surface area contributed by atoms with E-state index in [4.69, 9.17) is 14.5 Å². The van der Waals surface area contributed by atoms with Gasteiger partial charge < -0.3 is 24.3 Å². The number of carbonyl (C=O) groups is 1. The average molecular weight is 549 g/mol. The number of hydrogen-bond acceptors (Lipinski definition) is 7. The highest BCUT2D eigenvalue weighted by molar-refractivity contribution is 5.76. The molecule has 0 aliphatic carbocycles. The first kappa shape index (κ1) is 27.0. The lowest BCUT2D eigenvalue weighted by Crippen LogP contribution is -2.49. The van der Waals surface area contributed by atoms with E-state index in [-0.39, 0.29) is 17.5 Å². The molecule has 0 unspecified atom stereocenters. The molecule has 11 heteroatoms. The van der Waals surface area contributed by atoms with E-state index in [1.807, 2.05) is 4.90 Å². The number of benzene rings is 2. The zero-order valence-corrected chi connectivity index (χ0v) is 22.4. The highest BCUT2D eigenvalue weighted by atomic mass is 19.1. The maximum atomic E-state index is 14.1. The average Bonchev–Trinajstić information content (AvgIpc) is 3.42. The van der Waals surface area contributed by atoms with E-state index in [2.05, 4.69) is 19.9 Å². The monoisotopic (exact) mass is 548 g/mol. The second-order valence-corrected chi connectivity index (χ2v) is 9.41. The molecule has 1 aliphatic rings. The first-order valence-electron chi connectivity index (χ1n) is 13.0. The van der Waals surface area contributed by atoms with E-state index in [9.17, 15) is 13.6 Å². The predicted molar refractivity (Wildman–Crippen MR) is 146 cm³/mol. The number of hydrogen-bond donors (Lipinski definition) is 1. The standard InChI is InChI=1S/C29H30F2N6O3/c1-39-24-16-20(8-11-22(24)31)28-23(34-29(35-28)19-6-9-21(30)10-7-19)4-3-5-27(38)37-14-12-36(13-15-37)25-17-26(40-2)33-18-32-25/h6-11,16-18H,3-5,12-15H2,1-2H3,(H,34,35). The SMILES string of the molecule is COc1cc(N2CCN(C(=O)CCCc3[nH]c(-c4ccc(F)cc4)nc3-c3ccc(F)c(OC)c3)CC2)ncn1. The minimum absolute atomic E-state index is 0.0863. The molecule has 208 valence electrons. The number of carbonyl (C=O) groups excluding carboxylic acids is 1. The molecule has 0 bridgehead atoms. The molecule has 0 atom stereocenters. The molecule has 0 radical (unpaired) electrons. The molecular formula is C29H30F2N6O3. The van der Waals surface area contributed by atoms with Crippen LogP contribution in [-0.4, -0.2) is 71.1 Å². The first-order chi connectivity index (χ1) is 19.4. The van der Waals surface area contributed by atoms with Gasteiger partial charge in [0.05, 0.1) is 19.9 Å². The van der Waals surface area contributed by atoms with Crippen molar-refractivity contribution in [2.45, 2.75) is 19.3 Å². The van der Waals surface area contributed by atoms with Crippen LogP contribution in [0.4, 0.5) is 14.6 Å². The van der Waals surface area contributed by atoms with Gasteiger partial charge in [0, 0.05) is 55.5 Å². The van der Waals surface area contributed by atoms with Crippen LogP contribution in [0, 0.1) is 11.6 Å². The highest BCUT2D eigenvalue weighted by Crippen LogP contribution is 2.31. The maximum absolute atomic E-state index is 14.1. The molecule has 1 saturated heterocycles. The summed E-state index contributed by atoms with van der Waals surface area (Å²) >= 11 is 0. The van der Waals surface area contributed by atoms with E-state index in [1.54, 1.807) is 37.4 Å². The molecule has 1 aliphatic heterocycles. The number of amides is 1. The molecule has 1 amide bonds. The fourth-order valence-electron chi connectivity index (χ4n) is 4.75. The molecule has 0 saturated carbocycles. The fraction of sp³-hybridized carbons (Fsp3) is 0.310. The van der Waals surface area contributed by atoms with Gasteiger partial charge in [-0.1, -0.05) is 0 Å². The Bertz CT molecular complexity index is 1470. The third-order valence-corrected chi connectivity index (χ3v) is 6.93. The molecule has 1 fully saturated rings. The fourth-order valence-corrected chi connectivity index (χ4v) is 4.75. The molecule has 1 N–H and O–H groups in total. The number of H-pyrrole nitrogens is 1. The van der Waals surface area contributed by atoms with E-state index in [1.165, 1.54) is 31.6 Å². The van der Waals surface area contributed by atoms with Crippen molar-refractivity contribution in [2.24, 2.45) is 0 Å². The van der Waals surface area contributed by atoms with Gasteiger partial charge >= 0.3 is 0 Å². The number of piperazine rings is 1. The Morgan fingerprint density at radius 2 is 1.70 bits per heavy atom. The number of aromatic amines is 1. The summed E-state index contributed by atoms with van der Waals surface area (Å²) in [5, 5.41) is 0. The Hall–Kier alpha value is -4.54. The summed E-state index contributed by atoms with van der Waals surface area (Å²) in [7, 11) is 2.97. The number of anilines is 1. The predicted octanol–water partition coefficient (Wildman–Crippen LogP) is 4.50. The molecule has 9 nitrogen and oxygen atoms in total. The number of imidazole rings is 1. The molecule has 2 aromatic carbocycles. The smallest absolute Gasteiger partial charge is 0.222 e. The van der Waals surface area contributed by atoms with Crippen LogP contribution in [0.25, 0.3) is 22.6 Å². The Morgan fingerprint density at radius 3 is 2.42 bits per heavy atom. The molecular weight excluding hydrogens is 518 g/mol. The molecule has 3 heterocycles. The zero-order valence-electron chi connectivity index (χ0n) is 22.4. The van der Waals surface area contributed by atoms with Crippen LogP contribution in [0.15, 0.2) is 54.9 Å². The largest absolute Gasteiger partial charge is 0.494 e. The third kappa shape index (κ3) is 6.03. The number of aryl methyl sites for hydroxylation is 1. The van der Waals surface area contributed by atoms with Gasteiger partial charge in [0.2, 0.25) is 11.8 Å². The van der Waals surface area contributed by atoms with Gasteiger partial charge in [-0.25, -0.2) is 23.7 Å². The highest BCUT2D eigenvalue weighted by Gasteiger charge is 2.23. The van der Waals surface area contributed by atoms with Crippen molar-refractivity contribution in [3.05, 3.63) is 72.2 Å².